The Morgan fingerprint density at radius 1 is 0.971 bits per heavy atom. The SMILES string of the molecule is O=C(CN1CCN(c2cc[nH]c3cnc4nccc4c23)CC1)N1CCCC(CN2CCCC2)C1. The lowest BCUT2D eigenvalue weighted by Gasteiger charge is -2.39. The van der Waals surface area contributed by atoms with Crippen LogP contribution in [0.1, 0.15) is 25.7 Å². The molecular formula is C26H35N7O. The van der Waals surface area contributed by atoms with E-state index in [1.54, 1.807) is 0 Å². The van der Waals surface area contributed by atoms with E-state index in [-0.39, 0.29) is 0 Å². The Kier molecular flexibility index (Phi) is 6.09. The van der Waals surface area contributed by atoms with E-state index in [0.717, 1.165) is 62.2 Å². The number of carbonyl (C=O) groups is 1. The molecule has 3 aromatic rings. The number of likely N-dealkylation sites (tertiary alicyclic amines) is 2. The monoisotopic (exact) mass is 461 g/mol. The Hall–Kier alpha value is -2.71. The molecule has 3 aliphatic heterocycles. The summed E-state index contributed by atoms with van der Waals surface area (Å²) in [7, 11) is 0. The van der Waals surface area contributed by atoms with Gasteiger partial charge in [0.15, 0.2) is 5.65 Å². The summed E-state index contributed by atoms with van der Waals surface area (Å²) in [6, 6.07) is 4.20. The van der Waals surface area contributed by atoms with Crippen molar-refractivity contribution in [2.45, 2.75) is 25.7 Å². The molecule has 34 heavy (non-hydrogen) atoms. The lowest BCUT2D eigenvalue weighted by atomic mass is 9.97. The molecule has 6 rings (SSSR count). The Labute approximate surface area is 200 Å². The number of aromatic nitrogens is 3. The molecule has 1 atom stereocenters. The summed E-state index contributed by atoms with van der Waals surface area (Å²) in [5.74, 6) is 0.961. The van der Waals surface area contributed by atoms with Crippen LogP contribution in [0.5, 0.6) is 0 Å². The highest BCUT2D eigenvalue weighted by Crippen LogP contribution is 2.31. The molecule has 3 fully saturated rings. The lowest BCUT2D eigenvalue weighted by molar-refractivity contribution is -0.134. The Balaban J connectivity index is 1.07. The summed E-state index contributed by atoms with van der Waals surface area (Å²) in [4.78, 5) is 34.8. The van der Waals surface area contributed by atoms with Gasteiger partial charge in [-0.3, -0.25) is 9.69 Å². The van der Waals surface area contributed by atoms with Gasteiger partial charge in [-0.1, -0.05) is 0 Å². The number of amides is 1. The maximum Gasteiger partial charge on any atom is 0.236 e. The van der Waals surface area contributed by atoms with Crippen LogP contribution < -0.4 is 4.90 Å². The lowest BCUT2D eigenvalue weighted by Crippen LogP contribution is -2.52. The number of fused-ring (bicyclic) bond motifs is 3. The minimum Gasteiger partial charge on any atom is -0.368 e. The zero-order valence-electron chi connectivity index (χ0n) is 20.0. The molecule has 1 amide bonds. The second-order valence-electron chi connectivity index (χ2n) is 10.2. The maximum atomic E-state index is 13.1. The van der Waals surface area contributed by atoms with Crippen LogP contribution in [-0.4, -0.2) is 101 Å². The second kappa shape index (κ2) is 9.50. The number of nitrogens with one attached hydrogen (secondary N) is 1. The number of H-pyrrole nitrogens is 1. The molecule has 0 bridgehead atoms. The molecule has 0 radical (unpaired) electrons. The third kappa shape index (κ3) is 4.36. The van der Waals surface area contributed by atoms with E-state index >= 15 is 0 Å². The van der Waals surface area contributed by atoms with Crippen molar-refractivity contribution in [1.29, 1.82) is 0 Å². The number of piperazine rings is 1. The van der Waals surface area contributed by atoms with E-state index in [9.17, 15) is 4.79 Å². The highest BCUT2D eigenvalue weighted by molar-refractivity contribution is 6.09. The van der Waals surface area contributed by atoms with Gasteiger partial charge in [-0.2, -0.15) is 0 Å². The minimum absolute atomic E-state index is 0.315. The number of rotatable bonds is 5. The van der Waals surface area contributed by atoms with Crippen LogP contribution in [0.3, 0.4) is 0 Å². The van der Waals surface area contributed by atoms with Crippen LogP contribution in [0.15, 0.2) is 30.7 Å². The van der Waals surface area contributed by atoms with Crippen LogP contribution in [-0.2, 0) is 4.79 Å². The average molecular weight is 462 g/mol. The van der Waals surface area contributed by atoms with E-state index in [2.05, 4.69) is 40.6 Å². The van der Waals surface area contributed by atoms with Gasteiger partial charge in [-0.15, -0.1) is 0 Å². The fourth-order valence-corrected chi connectivity index (χ4v) is 6.11. The number of hydrogen-bond donors (Lipinski definition) is 1. The van der Waals surface area contributed by atoms with Crippen molar-refractivity contribution in [2.75, 3.05) is 70.3 Å². The van der Waals surface area contributed by atoms with Crippen LogP contribution in [0.2, 0.25) is 0 Å². The first-order chi connectivity index (χ1) is 16.7. The summed E-state index contributed by atoms with van der Waals surface area (Å²) in [5.41, 5.74) is 3.05. The first-order valence-corrected chi connectivity index (χ1v) is 12.9. The standard InChI is InChI=1S/C26H35N7O/c34-24(33-11-3-4-20(18-33)17-30-9-1-2-10-30)19-31-12-14-32(15-13-31)23-6-8-27-22-16-29-26-21(25(22)23)5-7-28-26/h5-8,16,20,27H,1-4,9-15,17-19H2. The third-order valence-electron chi connectivity index (χ3n) is 7.93. The predicted octanol–water partition coefficient (Wildman–Crippen LogP) is 2.57. The third-order valence-corrected chi connectivity index (χ3v) is 7.93. The molecule has 3 aromatic heterocycles. The van der Waals surface area contributed by atoms with Crippen molar-refractivity contribution in [3.63, 3.8) is 0 Å². The fourth-order valence-electron chi connectivity index (χ4n) is 6.11. The number of aromatic amines is 1. The smallest absolute Gasteiger partial charge is 0.236 e. The van der Waals surface area contributed by atoms with Crippen molar-refractivity contribution in [3.8, 4) is 0 Å². The number of anilines is 1. The van der Waals surface area contributed by atoms with Gasteiger partial charge in [0.25, 0.3) is 0 Å². The number of hydrogen-bond acceptors (Lipinski definition) is 6. The maximum absolute atomic E-state index is 13.1. The molecular weight excluding hydrogens is 426 g/mol. The Morgan fingerprint density at radius 2 is 1.82 bits per heavy atom. The first-order valence-electron chi connectivity index (χ1n) is 12.9. The fraction of sp³-hybridized carbons (Fsp3) is 0.577. The normalized spacial score (nSPS) is 22.8. The molecule has 1 N–H and O–H groups in total. The zero-order valence-corrected chi connectivity index (χ0v) is 20.0. The summed E-state index contributed by atoms with van der Waals surface area (Å²) in [6.07, 6.45) is 10.8. The Morgan fingerprint density at radius 3 is 2.68 bits per heavy atom. The molecule has 0 aromatic carbocycles. The van der Waals surface area contributed by atoms with Crippen molar-refractivity contribution in [1.82, 2.24) is 29.7 Å². The van der Waals surface area contributed by atoms with E-state index in [1.807, 2.05) is 24.7 Å². The van der Waals surface area contributed by atoms with Crippen molar-refractivity contribution in [2.24, 2.45) is 5.92 Å². The van der Waals surface area contributed by atoms with Crippen LogP contribution in [0, 0.1) is 5.92 Å². The molecule has 3 saturated heterocycles. The van der Waals surface area contributed by atoms with Gasteiger partial charge < -0.3 is 19.7 Å². The largest absolute Gasteiger partial charge is 0.368 e. The number of carbonyl (C=O) groups excluding carboxylic acids is 1. The first kappa shape index (κ1) is 21.8. The van der Waals surface area contributed by atoms with E-state index in [4.69, 9.17) is 0 Å². The average Bonchev–Trinajstić information content (AvgIpc) is 3.56. The molecule has 0 saturated carbocycles. The van der Waals surface area contributed by atoms with Crippen molar-refractivity contribution in [3.05, 3.63) is 30.7 Å². The van der Waals surface area contributed by atoms with Gasteiger partial charge in [0.05, 0.1) is 18.3 Å². The molecule has 0 aliphatic carbocycles. The summed E-state index contributed by atoms with van der Waals surface area (Å²) < 4.78 is 0. The van der Waals surface area contributed by atoms with Crippen molar-refractivity contribution < 1.29 is 4.79 Å². The minimum atomic E-state index is 0.315. The molecule has 180 valence electrons. The van der Waals surface area contributed by atoms with Gasteiger partial charge >= 0.3 is 0 Å². The van der Waals surface area contributed by atoms with Gasteiger partial charge in [0, 0.05) is 74.7 Å². The van der Waals surface area contributed by atoms with E-state index in [1.165, 1.54) is 50.0 Å². The van der Waals surface area contributed by atoms with Gasteiger partial charge in [0.1, 0.15) is 0 Å². The molecule has 0 spiro atoms. The van der Waals surface area contributed by atoms with Crippen molar-refractivity contribution >= 4 is 33.5 Å². The second-order valence-corrected chi connectivity index (χ2v) is 10.2. The summed E-state index contributed by atoms with van der Waals surface area (Å²) in [5, 5.41) is 2.28. The number of nitrogens with zero attached hydrogens (tertiary/aromatic N) is 6. The summed E-state index contributed by atoms with van der Waals surface area (Å²) in [6.45, 7) is 9.74. The quantitative estimate of drug-likeness (QED) is 0.630. The zero-order chi connectivity index (χ0) is 22.9. The highest BCUT2D eigenvalue weighted by Gasteiger charge is 2.28. The molecule has 8 nitrogen and oxygen atoms in total. The van der Waals surface area contributed by atoms with Crippen LogP contribution in [0.25, 0.3) is 21.9 Å². The molecule has 6 heterocycles. The predicted molar refractivity (Wildman–Crippen MR) is 135 cm³/mol. The highest BCUT2D eigenvalue weighted by atomic mass is 16.2. The topological polar surface area (TPSA) is 71.6 Å². The Bertz CT molecular complexity index is 1150. The number of piperidine rings is 1. The molecule has 3 aliphatic rings. The number of pyridine rings is 2. The van der Waals surface area contributed by atoms with Gasteiger partial charge in [0.2, 0.25) is 5.91 Å². The van der Waals surface area contributed by atoms with Crippen LogP contribution in [0.4, 0.5) is 5.69 Å². The summed E-state index contributed by atoms with van der Waals surface area (Å²) >= 11 is 0. The van der Waals surface area contributed by atoms with E-state index < -0.39 is 0 Å². The van der Waals surface area contributed by atoms with Crippen LogP contribution >= 0.6 is 0 Å². The molecule has 8 heteroatoms. The van der Waals surface area contributed by atoms with E-state index in [0.29, 0.717) is 18.4 Å². The van der Waals surface area contributed by atoms with Gasteiger partial charge in [-0.05, 0) is 56.8 Å². The molecule has 1 unspecified atom stereocenters. The van der Waals surface area contributed by atoms with Gasteiger partial charge in [-0.25, -0.2) is 9.97 Å².